The Morgan fingerprint density at radius 3 is 2.58 bits per heavy atom. The molecule has 2 N–H and O–H groups in total. The lowest BCUT2D eigenvalue weighted by atomic mass is 10.1. The molecule has 1 aromatic carbocycles. The lowest BCUT2D eigenvalue weighted by molar-refractivity contribution is -0.136. The number of hydrogen-bond donors (Lipinski definition) is 2. The number of aromatic nitrogens is 1. The number of thioether (sulfide) groups is 1. The van der Waals surface area contributed by atoms with Gasteiger partial charge in [0, 0.05) is 24.7 Å². The van der Waals surface area contributed by atoms with Crippen LogP contribution in [0.15, 0.2) is 59.8 Å². The first-order valence-electron chi connectivity index (χ1n) is 7.27. The summed E-state index contributed by atoms with van der Waals surface area (Å²) >= 11 is 1.22. The molecule has 1 aromatic heterocycles. The monoisotopic (exact) mass is 366 g/mol. The number of benzene rings is 1. The van der Waals surface area contributed by atoms with Crippen LogP contribution in [0, 0.1) is 0 Å². The van der Waals surface area contributed by atoms with Gasteiger partial charge in [0.25, 0.3) is 0 Å². The maximum Gasteiger partial charge on any atom is 0.316 e. The molecule has 0 fully saturated rings. The first kappa shape index (κ1) is 18.4. The van der Waals surface area contributed by atoms with Gasteiger partial charge in [-0.25, -0.2) is 13.1 Å². The second kappa shape index (κ2) is 8.81. The van der Waals surface area contributed by atoms with Gasteiger partial charge in [-0.2, -0.15) is 0 Å². The van der Waals surface area contributed by atoms with Crippen LogP contribution in [0.25, 0.3) is 0 Å². The molecule has 1 unspecified atom stereocenters. The van der Waals surface area contributed by atoms with Crippen LogP contribution in [-0.4, -0.2) is 42.0 Å². The van der Waals surface area contributed by atoms with Crippen LogP contribution in [0.4, 0.5) is 0 Å². The van der Waals surface area contributed by atoms with E-state index < -0.39 is 21.2 Å². The van der Waals surface area contributed by atoms with Gasteiger partial charge in [-0.05, 0) is 24.1 Å². The summed E-state index contributed by atoms with van der Waals surface area (Å²) in [7, 11) is -3.61. The number of pyridine rings is 1. The summed E-state index contributed by atoms with van der Waals surface area (Å²) in [5.74, 6) is -0.539. The van der Waals surface area contributed by atoms with E-state index in [0.717, 1.165) is 5.56 Å². The number of carbonyl (C=O) groups is 1. The summed E-state index contributed by atoms with van der Waals surface area (Å²) in [4.78, 5) is 15.2. The second-order valence-corrected chi connectivity index (χ2v) is 8.05. The number of hydrogen-bond acceptors (Lipinski definition) is 5. The van der Waals surface area contributed by atoms with Crippen LogP contribution < -0.4 is 4.72 Å². The quantitative estimate of drug-likeness (QED) is 0.657. The van der Waals surface area contributed by atoms with E-state index in [1.807, 2.05) is 30.3 Å². The van der Waals surface area contributed by atoms with Gasteiger partial charge in [-0.15, -0.1) is 11.8 Å². The molecule has 0 saturated heterocycles. The highest BCUT2D eigenvalue weighted by molar-refractivity contribution is 8.00. The van der Waals surface area contributed by atoms with Gasteiger partial charge in [0.2, 0.25) is 10.0 Å². The molecule has 0 amide bonds. The predicted molar refractivity (Wildman–Crippen MR) is 93.5 cm³/mol. The number of sulfonamides is 1. The van der Waals surface area contributed by atoms with Crippen molar-refractivity contribution < 1.29 is 18.3 Å². The highest BCUT2D eigenvalue weighted by Crippen LogP contribution is 2.17. The van der Waals surface area contributed by atoms with Crippen molar-refractivity contribution in [2.24, 2.45) is 0 Å². The lowest BCUT2D eigenvalue weighted by Gasteiger charge is -2.12. The van der Waals surface area contributed by atoms with E-state index in [0.29, 0.717) is 12.2 Å². The first-order chi connectivity index (χ1) is 11.5. The average molecular weight is 366 g/mol. The molecule has 128 valence electrons. The molecular formula is C16H18N2O4S2. The molecule has 0 bridgehead atoms. The van der Waals surface area contributed by atoms with E-state index >= 15 is 0 Å². The second-order valence-electron chi connectivity index (χ2n) is 4.97. The van der Waals surface area contributed by atoms with E-state index in [4.69, 9.17) is 0 Å². The topological polar surface area (TPSA) is 96.4 Å². The van der Waals surface area contributed by atoms with Gasteiger partial charge in [-0.3, -0.25) is 9.78 Å². The third kappa shape index (κ3) is 5.63. The Bertz CT molecular complexity index is 752. The standard InChI is InChI=1S/C16H18N2O4S2/c19-16(20)15(11-13-5-2-1-3-6-13)23-10-9-18-24(21,22)14-7-4-8-17-12-14/h1-8,12,15,18H,9-11H2,(H,19,20). The number of rotatable bonds is 9. The van der Waals surface area contributed by atoms with E-state index in [1.165, 1.54) is 30.2 Å². The smallest absolute Gasteiger partial charge is 0.316 e. The molecule has 1 heterocycles. The molecule has 1 atom stereocenters. The zero-order valence-corrected chi connectivity index (χ0v) is 14.5. The molecule has 2 aromatic rings. The maximum absolute atomic E-state index is 12.0. The Labute approximate surface area is 145 Å². The molecule has 0 aliphatic heterocycles. The fourth-order valence-electron chi connectivity index (χ4n) is 2.01. The summed E-state index contributed by atoms with van der Waals surface area (Å²) in [6.07, 6.45) is 3.16. The Morgan fingerprint density at radius 1 is 1.21 bits per heavy atom. The SMILES string of the molecule is O=C(O)C(Cc1ccccc1)SCCNS(=O)(=O)c1cccnc1. The van der Waals surface area contributed by atoms with Crippen LogP contribution in [0.1, 0.15) is 5.56 Å². The highest BCUT2D eigenvalue weighted by Gasteiger charge is 2.19. The van der Waals surface area contributed by atoms with Crippen LogP contribution in [0.2, 0.25) is 0 Å². The number of nitrogens with zero attached hydrogens (tertiary/aromatic N) is 1. The first-order valence-corrected chi connectivity index (χ1v) is 9.80. The minimum absolute atomic E-state index is 0.0917. The Balaban J connectivity index is 1.84. The summed E-state index contributed by atoms with van der Waals surface area (Å²) in [5.41, 5.74) is 0.938. The Kier molecular flexibility index (Phi) is 6.77. The van der Waals surface area contributed by atoms with E-state index in [9.17, 15) is 18.3 Å². The molecule has 24 heavy (non-hydrogen) atoms. The predicted octanol–water partition coefficient (Wildman–Crippen LogP) is 1.79. The van der Waals surface area contributed by atoms with Crippen LogP contribution >= 0.6 is 11.8 Å². The third-order valence-corrected chi connectivity index (χ3v) is 5.85. The fourth-order valence-corrected chi connectivity index (χ4v) is 4.09. The molecule has 6 nitrogen and oxygen atoms in total. The van der Waals surface area contributed by atoms with Gasteiger partial charge in [-0.1, -0.05) is 30.3 Å². The minimum Gasteiger partial charge on any atom is -0.480 e. The van der Waals surface area contributed by atoms with E-state index in [1.54, 1.807) is 6.07 Å². The molecule has 0 saturated carbocycles. The van der Waals surface area contributed by atoms with Gasteiger partial charge >= 0.3 is 5.97 Å². The number of aliphatic carboxylic acids is 1. The fraction of sp³-hybridized carbons (Fsp3) is 0.250. The number of carboxylic acids is 1. The Hall–Kier alpha value is -1.90. The van der Waals surface area contributed by atoms with Crippen LogP contribution in [0.5, 0.6) is 0 Å². The van der Waals surface area contributed by atoms with Crippen molar-refractivity contribution in [3.63, 3.8) is 0 Å². The van der Waals surface area contributed by atoms with Crippen LogP contribution in [0.3, 0.4) is 0 Å². The van der Waals surface area contributed by atoms with E-state index in [-0.39, 0.29) is 11.4 Å². The van der Waals surface area contributed by atoms with Gasteiger partial charge < -0.3 is 5.11 Å². The van der Waals surface area contributed by atoms with Crippen molar-refractivity contribution >= 4 is 27.8 Å². The average Bonchev–Trinajstić information content (AvgIpc) is 2.59. The largest absolute Gasteiger partial charge is 0.480 e. The van der Waals surface area contributed by atoms with Crippen LogP contribution in [-0.2, 0) is 21.2 Å². The van der Waals surface area contributed by atoms with Crippen molar-refractivity contribution in [2.45, 2.75) is 16.6 Å². The zero-order valence-electron chi connectivity index (χ0n) is 12.8. The number of nitrogens with one attached hydrogen (secondary N) is 1. The molecule has 8 heteroatoms. The summed E-state index contributed by atoms with van der Waals surface area (Å²) in [5, 5.41) is 8.69. The van der Waals surface area contributed by atoms with Crippen molar-refractivity contribution in [1.82, 2.24) is 9.71 Å². The number of carboxylic acid groups (broad SMARTS) is 1. The van der Waals surface area contributed by atoms with Crippen molar-refractivity contribution in [3.05, 3.63) is 60.4 Å². The lowest BCUT2D eigenvalue weighted by Crippen LogP contribution is -2.28. The highest BCUT2D eigenvalue weighted by atomic mass is 32.2. The molecule has 0 aliphatic rings. The third-order valence-electron chi connectivity index (χ3n) is 3.20. The van der Waals surface area contributed by atoms with Gasteiger partial charge in [0.15, 0.2) is 0 Å². The van der Waals surface area contributed by atoms with Crippen molar-refractivity contribution in [1.29, 1.82) is 0 Å². The van der Waals surface area contributed by atoms with E-state index in [2.05, 4.69) is 9.71 Å². The molecule has 2 rings (SSSR count). The van der Waals surface area contributed by atoms with Crippen molar-refractivity contribution in [3.8, 4) is 0 Å². The summed E-state index contributed by atoms with van der Waals surface area (Å²) in [6.45, 7) is 0.153. The van der Waals surface area contributed by atoms with Crippen molar-refractivity contribution in [2.75, 3.05) is 12.3 Å². The molecular weight excluding hydrogens is 348 g/mol. The molecule has 0 spiro atoms. The summed E-state index contributed by atoms with van der Waals surface area (Å²) in [6, 6.07) is 12.4. The van der Waals surface area contributed by atoms with Gasteiger partial charge in [0.05, 0.1) is 0 Å². The van der Waals surface area contributed by atoms with Gasteiger partial charge in [0.1, 0.15) is 10.1 Å². The molecule has 0 radical (unpaired) electrons. The summed E-state index contributed by atoms with van der Waals surface area (Å²) < 4.78 is 26.5. The molecule has 0 aliphatic carbocycles. The minimum atomic E-state index is -3.61. The Morgan fingerprint density at radius 2 is 1.96 bits per heavy atom. The normalized spacial score (nSPS) is 12.7. The zero-order chi connectivity index (χ0) is 17.4. The maximum atomic E-state index is 12.0.